The van der Waals surface area contributed by atoms with Crippen molar-refractivity contribution >= 4 is 11.4 Å². The van der Waals surface area contributed by atoms with Crippen molar-refractivity contribution in [3.05, 3.63) is 70.9 Å². The Morgan fingerprint density at radius 1 is 0.821 bits per heavy atom. The SMILES string of the molecule is CC(C)c1cccc(C(C)C)c1N1C=C(c2ccc(C(C)(C)C)cc2)N(C)N1. The summed E-state index contributed by atoms with van der Waals surface area (Å²) in [4.78, 5) is 0. The van der Waals surface area contributed by atoms with E-state index >= 15 is 0 Å². The predicted molar refractivity (Wildman–Crippen MR) is 121 cm³/mol. The second kappa shape index (κ2) is 7.63. The van der Waals surface area contributed by atoms with Crippen LogP contribution in [0, 0.1) is 0 Å². The topological polar surface area (TPSA) is 18.5 Å². The van der Waals surface area contributed by atoms with Crippen molar-refractivity contribution in [3.63, 3.8) is 0 Å². The van der Waals surface area contributed by atoms with Crippen molar-refractivity contribution in [1.29, 1.82) is 0 Å². The lowest BCUT2D eigenvalue weighted by Crippen LogP contribution is -2.38. The van der Waals surface area contributed by atoms with Crippen LogP contribution >= 0.6 is 0 Å². The summed E-state index contributed by atoms with van der Waals surface area (Å²) in [5.41, 5.74) is 11.5. The van der Waals surface area contributed by atoms with E-state index in [0.29, 0.717) is 11.8 Å². The molecule has 1 aliphatic heterocycles. The maximum Gasteiger partial charge on any atom is 0.0785 e. The lowest BCUT2D eigenvalue weighted by atomic mass is 9.86. The fourth-order valence-electron chi connectivity index (χ4n) is 3.77. The summed E-state index contributed by atoms with van der Waals surface area (Å²) in [5.74, 6) is 0.925. The van der Waals surface area contributed by atoms with E-state index < -0.39 is 0 Å². The molecule has 0 amide bonds. The molecule has 3 rings (SSSR count). The van der Waals surface area contributed by atoms with Gasteiger partial charge in [0, 0.05) is 18.8 Å². The number of rotatable bonds is 4. The maximum atomic E-state index is 3.53. The van der Waals surface area contributed by atoms with Crippen LogP contribution in [0.2, 0.25) is 0 Å². The van der Waals surface area contributed by atoms with E-state index in [1.807, 2.05) is 0 Å². The molecular formula is C25H35N3. The largest absolute Gasteiger partial charge is 0.291 e. The van der Waals surface area contributed by atoms with E-state index in [4.69, 9.17) is 0 Å². The number of hydrazine groups is 2. The summed E-state index contributed by atoms with van der Waals surface area (Å²) in [6.45, 7) is 15.8. The summed E-state index contributed by atoms with van der Waals surface area (Å²) < 4.78 is 0. The summed E-state index contributed by atoms with van der Waals surface area (Å²) in [7, 11) is 2.08. The molecule has 0 aromatic heterocycles. The van der Waals surface area contributed by atoms with Crippen molar-refractivity contribution in [3.8, 4) is 0 Å². The van der Waals surface area contributed by atoms with Crippen LogP contribution < -0.4 is 10.5 Å². The third-order valence-corrected chi connectivity index (χ3v) is 5.50. The number of hydrogen-bond acceptors (Lipinski definition) is 3. The molecule has 0 saturated heterocycles. The van der Waals surface area contributed by atoms with E-state index in [9.17, 15) is 0 Å². The molecule has 0 radical (unpaired) electrons. The van der Waals surface area contributed by atoms with Gasteiger partial charge in [-0.2, -0.15) is 0 Å². The van der Waals surface area contributed by atoms with Crippen LogP contribution in [-0.4, -0.2) is 12.1 Å². The Labute approximate surface area is 171 Å². The quantitative estimate of drug-likeness (QED) is 0.665. The standard InChI is InChI=1S/C25H35N3/c1-17(2)21-10-9-11-22(18(3)4)24(21)28-16-23(27(8)26-28)19-12-14-20(15-13-19)25(5,6)7/h9-18,26H,1-8H3. The Kier molecular flexibility index (Phi) is 5.58. The average molecular weight is 378 g/mol. The molecule has 1 aliphatic rings. The zero-order chi connectivity index (χ0) is 20.6. The van der Waals surface area contributed by atoms with Gasteiger partial charge in [0.2, 0.25) is 0 Å². The molecular weight excluding hydrogens is 342 g/mol. The van der Waals surface area contributed by atoms with Crippen LogP contribution in [0.25, 0.3) is 5.70 Å². The first-order valence-electron chi connectivity index (χ1n) is 10.3. The molecule has 3 nitrogen and oxygen atoms in total. The summed E-state index contributed by atoms with van der Waals surface area (Å²) >= 11 is 0. The van der Waals surface area contributed by atoms with Gasteiger partial charge in [0.25, 0.3) is 0 Å². The minimum absolute atomic E-state index is 0.168. The Bertz CT molecular complexity index is 828. The van der Waals surface area contributed by atoms with Crippen LogP contribution in [0.5, 0.6) is 0 Å². The fraction of sp³-hybridized carbons (Fsp3) is 0.440. The van der Waals surface area contributed by atoms with Gasteiger partial charge in [-0.05, 0) is 33.9 Å². The van der Waals surface area contributed by atoms with E-state index in [-0.39, 0.29) is 5.41 Å². The number of anilines is 1. The smallest absolute Gasteiger partial charge is 0.0785 e. The number of nitrogens with one attached hydrogen (secondary N) is 1. The molecule has 3 heteroatoms. The normalized spacial score (nSPS) is 15.0. The number of benzene rings is 2. The van der Waals surface area contributed by atoms with Crippen LogP contribution in [0.15, 0.2) is 48.7 Å². The second-order valence-corrected chi connectivity index (χ2v) is 9.47. The highest BCUT2D eigenvalue weighted by Crippen LogP contribution is 2.37. The van der Waals surface area contributed by atoms with Gasteiger partial charge in [-0.3, -0.25) is 10.0 Å². The van der Waals surface area contributed by atoms with E-state index in [1.165, 1.54) is 33.6 Å². The van der Waals surface area contributed by atoms with E-state index in [2.05, 4.69) is 120 Å². The molecule has 0 bridgehead atoms. The third kappa shape index (κ3) is 3.95. The van der Waals surface area contributed by atoms with Crippen molar-refractivity contribution in [2.45, 2.75) is 65.7 Å². The van der Waals surface area contributed by atoms with Crippen molar-refractivity contribution in [2.75, 3.05) is 12.1 Å². The van der Waals surface area contributed by atoms with Gasteiger partial charge in [0.1, 0.15) is 0 Å². The van der Waals surface area contributed by atoms with Gasteiger partial charge in [-0.1, -0.05) is 90.9 Å². The van der Waals surface area contributed by atoms with Crippen LogP contribution in [-0.2, 0) is 5.41 Å². The first-order chi connectivity index (χ1) is 13.1. The van der Waals surface area contributed by atoms with E-state index in [1.54, 1.807) is 0 Å². The molecule has 2 aromatic carbocycles. The number of hydrogen-bond donors (Lipinski definition) is 1. The van der Waals surface area contributed by atoms with Crippen LogP contribution in [0.4, 0.5) is 5.69 Å². The molecule has 1 N–H and O–H groups in total. The van der Waals surface area contributed by atoms with Crippen LogP contribution in [0.1, 0.15) is 82.6 Å². The molecule has 2 aromatic rings. The molecule has 28 heavy (non-hydrogen) atoms. The van der Waals surface area contributed by atoms with Gasteiger partial charge < -0.3 is 0 Å². The third-order valence-electron chi connectivity index (χ3n) is 5.50. The average Bonchev–Trinajstić information content (AvgIpc) is 3.01. The lowest BCUT2D eigenvalue weighted by molar-refractivity contribution is 0.374. The lowest BCUT2D eigenvalue weighted by Gasteiger charge is -2.27. The first kappa shape index (κ1) is 20.5. The van der Waals surface area contributed by atoms with Crippen molar-refractivity contribution in [2.24, 2.45) is 0 Å². The highest BCUT2D eigenvalue weighted by Gasteiger charge is 2.25. The minimum Gasteiger partial charge on any atom is -0.291 e. The predicted octanol–water partition coefficient (Wildman–Crippen LogP) is 6.40. The van der Waals surface area contributed by atoms with Gasteiger partial charge in [-0.25, -0.2) is 0 Å². The second-order valence-electron chi connectivity index (χ2n) is 9.47. The van der Waals surface area contributed by atoms with Gasteiger partial charge in [0.05, 0.1) is 11.4 Å². The minimum atomic E-state index is 0.168. The van der Waals surface area contributed by atoms with Crippen LogP contribution in [0.3, 0.4) is 0 Å². The molecule has 0 saturated carbocycles. The molecule has 150 valence electrons. The molecule has 0 unspecified atom stereocenters. The molecule has 1 heterocycles. The summed E-state index contributed by atoms with van der Waals surface area (Å²) in [5, 5.41) is 4.30. The summed E-state index contributed by atoms with van der Waals surface area (Å²) in [6.07, 6.45) is 2.22. The molecule has 0 atom stereocenters. The van der Waals surface area contributed by atoms with Crippen molar-refractivity contribution in [1.82, 2.24) is 10.5 Å². The van der Waals surface area contributed by atoms with Crippen molar-refractivity contribution < 1.29 is 0 Å². The first-order valence-corrected chi connectivity index (χ1v) is 10.3. The maximum absolute atomic E-state index is 3.53. The Morgan fingerprint density at radius 2 is 1.36 bits per heavy atom. The van der Waals surface area contributed by atoms with Gasteiger partial charge >= 0.3 is 0 Å². The zero-order valence-corrected chi connectivity index (χ0v) is 18.7. The highest BCUT2D eigenvalue weighted by molar-refractivity contribution is 5.73. The van der Waals surface area contributed by atoms with Gasteiger partial charge in [0.15, 0.2) is 0 Å². The Hall–Kier alpha value is -2.26. The van der Waals surface area contributed by atoms with E-state index in [0.717, 1.165) is 0 Å². The molecule has 0 spiro atoms. The summed E-state index contributed by atoms with van der Waals surface area (Å²) in [6, 6.07) is 15.6. The molecule has 0 fully saturated rings. The number of para-hydroxylation sites is 1. The monoisotopic (exact) mass is 377 g/mol. The Balaban J connectivity index is 2.02. The zero-order valence-electron chi connectivity index (χ0n) is 18.7. The fourth-order valence-corrected chi connectivity index (χ4v) is 3.77. The number of nitrogens with zero attached hydrogens (tertiary/aromatic N) is 2. The highest BCUT2D eigenvalue weighted by atomic mass is 15.8. The van der Waals surface area contributed by atoms with Gasteiger partial charge in [-0.15, -0.1) is 5.53 Å². The molecule has 0 aliphatic carbocycles. The Morgan fingerprint density at radius 3 is 1.82 bits per heavy atom.